The molecule has 0 saturated heterocycles. The lowest BCUT2D eigenvalue weighted by Crippen LogP contribution is -2.17. The van der Waals surface area contributed by atoms with Crippen molar-refractivity contribution < 1.29 is 18.3 Å². The van der Waals surface area contributed by atoms with E-state index in [9.17, 15) is 13.6 Å². The molecular weight excluding hydrogens is 495 g/mol. The van der Waals surface area contributed by atoms with E-state index in [1.165, 1.54) is 12.1 Å². The highest BCUT2D eigenvalue weighted by molar-refractivity contribution is 6.36. The van der Waals surface area contributed by atoms with Gasteiger partial charge in [0.05, 0.1) is 16.3 Å². The van der Waals surface area contributed by atoms with Gasteiger partial charge in [0.2, 0.25) is 11.7 Å². The number of benzene rings is 3. The van der Waals surface area contributed by atoms with E-state index >= 15 is 0 Å². The molecule has 1 aromatic heterocycles. The fourth-order valence-electron chi connectivity index (χ4n) is 3.03. The number of aromatic nitrogens is 2. The van der Waals surface area contributed by atoms with Crippen molar-refractivity contribution >= 4 is 40.7 Å². The molecule has 33 heavy (non-hydrogen) atoms. The van der Waals surface area contributed by atoms with E-state index in [-0.39, 0.29) is 28.2 Å². The average molecular weight is 507 g/mol. The van der Waals surface area contributed by atoms with Crippen molar-refractivity contribution in [1.29, 1.82) is 0 Å². The number of halogens is 5. The Hall–Kier alpha value is -3.26. The van der Waals surface area contributed by atoms with E-state index in [0.29, 0.717) is 26.7 Å². The van der Waals surface area contributed by atoms with E-state index in [4.69, 9.17) is 45.3 Å². The molecule has 0 saturated carbocycles. The zero-order valence-corrected chi connectivity index (χ0v) is 18.7. The summed E-state index contributed by atoms with van der Waals surface area (Å²) in [6.45, 7) is 0. The third-order valence-electron chi connectivity index (χ3n) is 4.52. The number of nitrogens with zero attached hydrogens (tertiary/aromatic N) is 2. The SMILES string of the molecule is NC(=O)c1nc(Oc2ccc(F)c(F)c2)c(-c2ccc(Cl)cc2)c(-c2ccc(Cl)cc2Cl)n1. The van der Waals surface area contributed by atoms with Gasteiger partial charge in [-0.25, -0.2) is 13.8 Å². The highest BCUT2D eigenvalue weighted by Crippen LogP contribution is 2.42. The Kier molecular flexibility index (Phi) is 6.47. The predicted molar refractivity (Wildman–Crippen MR) is 123 cm³/mol. The summed E-state index contributed by atoms with van der Waals surface area (Å²) in [5.74, 6) is -3.66. The minimum Gasteiger partial charge on any atom is -0.438 e. The van der Waals surface area contributed by atoms with Crippen LogP contribution in [0.25, 0.3) is 22.4 Å². The second-order valence-corrected chi connectivity index (χ2v) is 8.03. The summed E-state index contributed by atoms with van der Waals surface area (Å²) in [6, 6.07) is 14.3. The van der Waals surface area contributed by atoms with Gasteiger partial charge in [0.15, 0.2) is 11.6 Å². The fourth-order valence-corrected chi connectivity index (χ4v) is 3.65. The molecule has 4 aromatic rings. The topological polar surface area (TPSA) is 78.1 Å². The molecule has 3 aromatic carbocycles. The number of amides is 1. The van der Waals surface area contributed by atoms with E-state index in [1.54, 1.807) is 36.4 Å². The zero-order chi connectivity index (χ0) is 23.7. The molecule has 0 radical (unpaired) electrons. The van der Waals surface area contributed by atoms with Gasteiger partial charge in [-0.1, -0.05) is 46.9 Å². The Morgan fingerprint density at radius 3 is 2.18 bits per heavy atom. The van der Waals surface area contributed by atoms with Crippen LogP contribution in [0.1, 0.15) is 10.6 Å². The normalized spacial score (nSPS) is 10.8. The standard InChI is InChI=1S/C23H12Cl3F2N3O2/c24-12-3-1-11(2-4-12)19-20(15-7-5-13(25)9-16(15)26)30-22(21(29)32)31-23(19)33-14-6-8-17(27)18(28)10-14/h1-10H,(H2,29,32). The molecule has 0 unspecified atom stereocenters. The third-order valence-corrected chi connectivity index (χ3v) is 5.32. The van der Waals surface area contributed by atoms with Crippen LogP contribution < -0.4 is 10.5 Å². The monoisotopic (exact) mass is 505 g/mol. The molecule has 4 rings (SSSR count). The van der Waals surface area contributed by atoms with Gasteiger partial charge in [0.25, 0.3) is 5.91 Å². The van der Waals surface area contributed by atoms with Crippen molar-refractivity contribution in [1.82, 2.24) is 9.97 Å². The molecule has 166 valence electrons. The molecule has 2 N–H and O–H groups in total. The number of hydrogen-bond acceptors (Lipinski definition) is 4. The van der Waals surface area contributed by atoms with Gasteiger partial charge in [-0.2, -0.15) is 4.98 Å². The van der Waals surface area contributed by atoms with Crippen molar-refractivity contribution in [2.24, 2.45) is 5.73 Å². The molecule has 0 aliphatic rings. The quantitative estimate of drug-likeness (QED) is 0.318. The highest BCUT2D eigenvalue weighted by atomic mass is 35.5. The molecule has 0 spiro atoms. The van der Waals surface area contributed by atoms with Gasteiger partial charge in [-0.15, -0.1) is 0 Å². The van der Waals surface area contributed by atoms with Gasteiger partial charge in [0.1, 0.15) is 5.75 Å². The number of nitrogens with two attached hydrogens (primary N) is 1. The molecule has 1 amide bonds. The summed E-state index contributed by atoms with van der Waals surface area (Å²) in [6.07, 6.45) is 0. The number of hydrogen-bond donors (Lipinski definition) is 1. The van der Waals surface area contributed by atoms with Crippen molar-refractivity contribution in [3.63, 3.8) is 0 Å². The van der Waals surface area contributed by atoms with Crippen LogP contribution in [-0.4, -0.2) is 15.9 Å². The Morgan fingerprint density at radius 1 is 0.848 bits per heavy atom. The van der Waals surface area contributed by atoms with E-state index in [2.05, 4.69) is 9.97 Å². The van der Waals surface area contributed by atoms with Crippen LogP contribution in [0.5, 0.6) is 11.6 Å². The summed E-state index contributed by atoms with van der Waals surface area (Å²) < 4.78 is 33.0. The first kappa shape index (κ1) is 22.9. The minimum absolute atomic E-state index is 0.0635. The van der Waals surface area contributed by atoms with Crippen molar-refractivity contribution in [3.8, 4) is 34.0 Å². The van der Waals surface area contributed by atoms with Gasteiger partial charge < -0.3 is 10.5 Å². The molecular formula is C23H12Cl3F2N3O2. The maximum Gasteiger partial charge on any atom is 0.286 e. The van der Waals surface area contributed by atoms with Gasteiger partial charge >= 0.3 is 0 Å². The Bertz CT molecular complexity index is 1380. The first-order valence-electron chi connectivity index (χ1n) is 9.29. The summed E-state index contributed by atoms with van der Waals surface area (Å²) in [7, 11) is 0. The molecule has 0 atom stereocenters. The van der Waals surface area contributed by atoms with E-state index in [1.807, 2.05) is 0 Å². The minimum atomic E-state index is -1.12. The van der Waals surface area contributed by atoms with Crippen molar-refractivity contribution in [2.75, 3.05) is 0 Å². The van der Waals surface area contributed by atoms with Gasteiger partial charge in [-0.05, 0) is 48.0 Å². The predicted octanol–water partition coefficient (Wildman–Crippen LogP) is 6.94. The van der Waals surface area contributed by atoms with Crippen molar-refractivity contribution in [2.45, 2.75) is 0 Å². The fraction of sp³-hybridized carbons (Fsp3) is 0. The Labute approximate surface area is 201 Å². The highest BCUT2D eigenvalue weighted by Gasteiger charge is 2.23. The largest absolute Gasteiger partial charge is 0.438 e. The molecule has 0 aliphatic carbocycles. The number of carbonyl (C=O) groups is 1. The second kappa shape index (κ2) is 9.31. The number of ether oxygens (including phenoxy) is 1. The van der Waals surface area contributed by atoms with Crippen LogP contribution in [0, 0.1) is 11.6 Å². The van der Waals surface area contributed by atoms with Crippen LogP contribution in [-0.2, 0) is 0 Å². The third kappa shape index (κ3) is 4.90. The number of carbonyl (C=O) groups excluding carboxylic acids is 1. The molecule has 0 bridgehead atoms. The molecule has 1 heterocycles. The van der Waals surface area contributed by atoms with Gasteiger partial charge in [-0.3, -0.25) is 4.79 Å². The van der Waals surface area contributed by atoms with Crippen LogP contribution in [0.4, 0.5) is 8.78 Å². The second-order valence-electron chi connectivity index (χ2n) is 6.75. The van der Waals surface area contributed by atoms with Crippen LogP contribution in [0.2, 0.25) is 15.1 Å². The Morgan fingerprint density at radius 2 is 1.55 bits per heavy atom. The van der Waals surface area contributed by atoms with Gasteiger partial charge in [0, 0.05) is 21.7 Å². The zero-order valence-electron chi connectivity index (χ0n) is 16.5. The summed E-state index contributed by atoms with van der Waals surface area (Å²) in [5.41, 5.74) is 6.91. The summed E-state index contributed by atoms with van der Waals surface area (Å²) in [4.78, 5) is 20.4. The maximum absolute atomic E-state index is 13.8. The summed E-state index contributed by atoms with van der Waals surface area (Å²) >= 11 is 18.5. The lowest BCUT2D eigenvalue weighted by atomic mass is 10.00. The van der Waals surface area contributed by atoms with E-state index in [0.717, 1.165) is 12.1 Å². The first-order valence-corrected chi connectivity index (χ1v) is 10.4. The van der Waals surface area contributed by atoms with Crippen molar-refractivity contribution in [3.05, 3.63) is 93.2 Å². The molecule has 0 aliphatic heterocycles. The number of rotatable bonds is 5. The first-order chi connectivity index (χ1) is 15.7. The van der Waals surface area contributed by atoms with Crippen LogP contribution in [0.3, 0.4) is 0 Å². The molecule has 5 nitrogen and oxygen atoms in total. The lowest BCUT2D eigenvalue weighted by Gasteiger charge is -2.16. The molecule has 10 heteroatoms. The maximum atomic E-state index is 13.8. The lowest BCUT2D eigenvalue weighted by molar-refractivity contribution is 0.0989. The van der Waals surface area contributed by atoms with Crippen LogP contribution in [0.15, 0.2) is 60.7 Å². The number of primary amides is 1. The Balaban J connectivity index is 2.02. The average Bonchev–Trinajstić information content (AvgIpc) is 2.76. The molecule has 0 fully saturated rings. The summed E-state index contributed by atoms with van der Waals surface area (Å²) in [5, 5.41) is 1.10. The smallest absolute Gasteiger partial charge is 0.286 e. The van der Waals surface area contributed by atoms with E-state index < -0.39 is 17.5 Å². The van der Waals surface area contributed by atoms with Crippen LogP contribution >= 0.6 is 34.8 Å².